The van der Waals surface area contributed by atoms with Crippen LogP contribution in [0.3, 0.4) is 0 Å². The average Bonchev–Trinajstić information content (AvgIpc) is 2.82. The molecule has 2 rings (SSSR count). The van der Waals surface area contributed by atoms with Crippen LogP contribution in [0.1, 0.15) is 110 Å². The predicted octanol–water partition coefficient (Wildman–Crippen LogP) is 8.60. The van der Waals surface area contributed by atoms with Gasteiger partial charge in [0.15, 0.2) is 12.4 Å². The van der Waals surface area contributed by atoms with Gasteiger partial charge in [-0.05, 0) is 18.6 Å². The highest BCUT2D eigenvalue weighted by Crippen LogP contribution is 2.15. The fourth-order valence-corrected chi connectivity index (χ4v) is 4.13. The topological polar surface area (TPSA) is 13.1 Å². The van der Waals surface area contributed by atoms with Crippen LogP contribution in [0, 0.1) is 0 Å². The minimum absolute atomic E-state index is 0.830. The zero-order valence-electron chi connectivity index (χ0n) is 20.1. The third-order valence-corrected chi connectivity index (χ3v) is 6.12. The molecule has 1 heterocycles. The largest absolute Gasteiger partial charge is 0.494 e. The van der Waals surface area contributed by atoms with Gasteiger partial charge in [-0.25, -0.2) is 0 Å². The van der Waals surface area contributed by atoms with Gasteiger partial charge in [-0.1, -0.05) is 109 Å². The standard InChI is InChI=1S/C29H46NO/c1-2-3-4-5-6-7-8-9-10-11-12-13-14-15-16-20-27-31-29-23-21-28(22-24-29)30-25-18-17-19-26-30/h17-19,21-26H,2-16,20,27H2,1H3/q+1. The second-order valence-corrected chi connectivity index (χ2v) is 8.93. The van der Waals surface area contributed by atoms with Crippen LogP contribution in [0.4, 0.5) is 0 Å². The number of benzene rings is 1. The smallest absolute Gasteiger partial charge is 0.210 e. The second-order valence-electron chi connectivity index (χ2n) is 8.93. The maximum atomic E-state index is 5.91. The summed E-state index contributed by atoms with van der Waals surface area (Å²) in [5, 5.41) is 0. The minimum Gasteiger partial charge on any atom is -0.494 e. The van der Waals surface area contributed by atoms with Gasteiger partial charge in [-0.3, -0.25) is 0 Å². The Labute approximate surface area is 192 Å². The molecule has 0 amide bonds. The molecular weight excluding hydrogens is 378 g/mol. The van der Waals surface area contributed by atoms with Gasteiger partial charge >= 0.3 is 0 Å². The van der Waals surface area contributed by atoms with E-state index in [4.69, 9.17) is 4.74 Å². The number of hydrogen-bond donors (Lipinski definition) is 0. The molecule has 0 aliphatic rings. The Morgan fingerprint density at radius 1 is 0.548 bits per heavy atom. The van der Waals surface area contributed by atoms with Gasteiger partial charge < -0.3 is 4.74 Å². The monoisotopic (exact) mass is 424 g/mol. The van der Waals surface area contributed by atoms with Gasteiger partial charge in [0, 0.05) is 24.3 Å². The molecule has 2 heteroatoms. The molecule has 31 heavy (non-hydrogen) atoms. The van der Waals surface area contributed by atoms with E-state index in [0.29, 0.717) is 0 Å². The zero-order chi connectivity index (χ0) is 21.8. The van der Waals surface area contributed by atoms with Crippen LogP contribution in [0.5, 0.6) is 5.75 Å². The van der Waals surface area contributed by atoms with Crippen molar-refractivity contribution in [2.24, 2.45) is 0 Å². The molecule has 0 N–H and O–H groups in total. The Morgan fingerprint density at radius 2 is 1.00 bits per heavy atom. The first-order valence-corrected chi connectivity index (χ1v) is 13.1. The fraction of sp³-hybridized carbons (Fsp3) is 0.621. The van der Waals surface area contributed by atoms with Crippen molar-refractivity contribution in [2.75, 3.05) is 6.61 Å². The van der Waals surface area contributed by atoms with Gasteiger partial charge in [0.2, 0.25) is 5.69 Å². The van der Waals surface area contributed by atoms with Crippen LogP contribution in [0.25, 0.3) is 5.69 Å². The lowest BCUT2D eigenvalue weighted by Gasteiger charge is -2.06. The van der Waals surface area contributed by atoms with Gasteiger partial charge in [0.05, 0.1) is 6.61 Å². The average molecular weight is 425 g/mol. The summed E-state index contributed by atoms with van der Waals surface area (Å²) in [4.78, 5) is 0. The SMILES string of the molecule is CCCCCCCCCCCCCCCCCCOc1ccc(-[n+]2ccccc2)cc1. The van der Waals surface area contributed by atoms with Gasteiger partial charge in [0.25, 0.3) is 0 Å². The molecule has 0 fully saturated rings. The van der Waals surface area contributed by atoms with Crippen LogP contribution in [0.2, 0.25) is 0 Å². The van der Waals surface area contributed by atoms with Crippen molar-refractivity contribution in [3.63, 3.8) is 0 Å². The first-order valence-electron chi connectivity index (χ1n) is 13.1. The van der Waals surface area contributed by atoms with Crippen LogP contribution in [-0.4, -0.2) is 6.61 Å². The quantitative estimate of drug-likeness (QED) is 0.162. The van der Waals surface area contributed by atoms with E-state index in [1.54, 1.807) is 0 Å². The molecule has 1 aromatic carbocycles. The number of nitrogens with zero attached hydrogens (tertiary/aromatic N) is 1. The molecule has 0 saturated heterocycles. The first kappa shape index (κ1) is 25.4. The van der Waals surface area contributed by atoms with Gasteiger partial charge in [-0.15, -0.1) is 0 Å². The van der Waals surface area contributed by atoms with Crippen LogP contribution in [0.15, 0.2) is 54.9 Å². The zero-order valence-corrected chi connectivity index (χ0v) is 20.1. The summed E-state index contributed by atoms with van der Waals surface area (Å²) in [6, 6.07) is 14.5. The highest BCUT2D eigenvalue weighted by Gasteiger charge is 2.04. The summed E-state index contributed by atoms with van der Waals surface area (Å²) in [6.45, 7) is 3.12. The molecule has 0 bridgehead atoms. The summed E-state index contributed by atoms with van der Waals surface area (Å²) in [5.41, 5.74) is 1.16. The van der Waals surface area contributed by atoms with Crippen molar-refractivity contribution in [3.8, 4) is 11.4 Å². The maximum Gasteiger partial charge on any atom is 0.210 e. The number of pyridine rings is 1. The number of unbranched alkanes of at least 4 members (excludes halogenated alkanes) is 15. The van der Waals surface area contributed by atoms with Crippen molar-refractivity contribution >= 4 is 0 Å². The lowest BCUT2D eigenvalue weighted by atomic mass is 10.0. The summed E-state index contributed by atoms with van der Waals surface area (Å²) in [6.07, 6.45) is 26.6. The first-order chi connectivity index (χ1) is 15.4. The minimum atomic E-state index is 0.830. The molecule has 2 nitrogen and oxygen atoms in total. The Balaban J connectivity index is 1.35. The Hall–Kier alpha value is -1.83. The van der Waals surface area contributed by atoms with E-state index in [1.807, 2.05) is 18.2 Å². The maximum absolute atomic E-state index is 5.91. The van der Waals surface area contributed by atoms with E-state index in [-0.39, 0.29) is 0 Å². The molecule has 0 atom stereocenters. The van der Waals surface area contributed by atoms with E-state index < -0.39 is 0 Å². The van der Waals surface area contributed by atoms with Gasteiger partial charge in [0.1, 0.15) is 5.75 Å². The van der Waals surface area contributed by atoms with Crippen LogP contribution in [-0.2, 0) is 0 Å². The van der Waals surface area contributed by atoms with Crippen LogP contribution >= 0.6 is 0 Å². The number of hydrogen-bond acceptors (Lipinski definition) is 1. The molecule has 1 aromatic heterocycles. The lowest BCUT2D eigenvalue weighted by molar-refractivity contribution is -0.595. The lowest BCUT2D eigenvalue weighted by Crippen LogP contribution is -2.28. The molecule has 0 unspecified atom stereocenters. The summed E-state index contributed by atoms with van der Waals surface area (Å²) >= 11 is 0. The molecule has 0 aliphatic heterocycles. The van der Waals surface area contributed by atoms with Gasteiger partial charge in [-0.2, -0.15) is 4.57 Å². The van der Waals surface area contributed by atoms with E-state index in [1.165, 1.54) is 96.3 Å². The molecule has 0 spiro atoms. The van der Waals surface area contributed by atoms with E-state index >= 15 is 0 Å². The van der Waals surface area contributed by atoms with Crippen LogP contribution < -0.4 is 9.30 Å². The van der Waals surface area contributed by atoms with Crippen molar-refractivity contribution in [2.45, 2.75) is 110 Å². The van der Waals surface area contributed by atoms with E-state index in [2.05, 4.69) is 48.1 Å². The highest BCUT2D eigenvalue weighted by atomic mass is 16.5. The molecular formula is C29H46NO+. The van der Waals surface area contributed by atoms with Crippen molar-refractivity contribution in [1.29, 1.82) is 0 Å². The van der Waals surface area contributed by atoms with Crippen molar-refractivity contribution in [1.82, 2.24) is 0 Å². The second kappa shape index (κ2) is 17.8. The molecule has 0 aliphatic carbocycles. The van der Waals surface area contributed by atoms with Crippen molar-refractivity contribution < 1.29 is 9.30 Å². The number of ether oxygens (including phenoxy) is 1. The van der Waals surface area contributed by atoms with Crippen molar-refractivity contribution in [3.05, 3.63) is 54.9 Å². The molecule has 0 radical (unpaired) electrons. The predicted molar refractivity (Wildman–Crippen MR) is 133 cm³/mol. The Kier molecular flexibility index (Phi) is 14.6. The molecule has 2 aromatic rings. The third kappa shape index (κ3) is 12.6. The Bertz CT molecular complexity index is 638. The Morgan fingerprint density at radius 3 is 1.48 bits per heavy atom. The third-order valence-electron chi connectivity index (χ3n) is 6.12. The van der Waals surface area contributed by atoms with E-state index in [9.17, 15) is 0 Å². The highest BCUT2D eigenvalue weighted by molar-refractivity contribution is 5.31. The van der Waals surface area contributed by atoms with E-state index in [0.717, 1.165) is 24.5 Å². The summed E-state index contributed by atoms with van der Waals surface area (Å²) < 4.78 is 8.02. The fourth-order valence-electron chi connectivity index (χ4n) is 4.13. The number of aromatic nitrogens is 1. The molecule has 0 saturated carbocycles. The number of rotatable bonds is 19. The summed E-state index contributed by atoms with van der Waals surface area (Å²) in [5.74, 6) is 0.973. The summed E-state index contributed by atoms with van der Waals surface area (Å²) in [7, 11) is 0. The molecule has 172 valence electrons. The normalized spacial score (nSPS) is 11.0.